The van der Waals surface area contributed by atoms with Crippen molar-refractivity contribution in [3.63, 3.8) is 0 Å². The molecule has 1 amide bonds. The van der Waals surface area contributed by atoms with Gasteiger partial charge in [-0.15, -0.1) is 0 Å². The molecule has 1 N–H and O–H groups in total. The zero-order valence-electron chi connectivity index (χ0n) is 10.6. The van der Waals surface area contributed by atoms with Gasteiger partial charge in [0, 0.05) is 30.6 Å². The molecule has 0 radical (unpaired) electrons. The van der Waals surface area contributed by atoms with Gasteiger partial charge < -0.3 is 14.7 Å². The van der Waals surface area contributed by atoms with E-state index in [4.69, 9.17) is 4.74 Å². The number of carbonyl (C=O) groups is 1. The first-order valence-electron chi connectivity index (χ1n) is 5.77. The summed E-state index contributed by atoms with van der Waals surface area (Å²) in [6.45, 7) is 0.402. The van der Waals surface area contributed by atoms with E-state index in [9.17, 15) is 9.90 Å². The van der Waals surface area contributed by atoms with Crippen LogP contribution >= 0.6 is 15.9 Å². The van der Waals surface area contributed by atoms with Gasteiger partial charge in [0.2, 0.25) is 5.91 Å². The molecule has 0 saturated carbocycles. The summed E-state index contributed by atoms with van der Waals surface area (Å²) in [4.78, 5) is 12.9. The average molecular weight is 316 g/mol. The van der Waals surface area contributed by atoms with E-state index in [0.717, 1.165) is 10.0 Å². The first-order chi connectivity index (χ1) is 8.54. The largest absolute Gasteiger partial charge is 0.493 e. The minimum atomic E-state index is -0.0641. The van der Waals surface area contributed by atoms with Crippen molar-refractivity contribution in [2.45, 2.75) is 19.4 Å². The lowest BCUT2D eigenvalue weighted by atomic mass is 10.2. The van der Waals surface area contributed by atoms with Gasteiger partial charge in [-0.05, 0) is 24.6 Å². The fourth-order valence-corrected chi connectivity index (χ4v) is 1.85. The highest BCUT2D eigenvalue weighted by atomic mass is 79.9. The van der Waals surface area contributed by atoms with Crippen LogP contribution in [0.5, 0.6) is 5.75 Å². The van der Waals surface area contributed by atoms with Crippen LogP contribution in [0.4, 0.5) is 0 Å². The van der Waals surface area contributed by atoms with Crippen LogP contribution in [0.1, 0.15) is 18.4 Å². The van der Waals surface area contributed by atoms with Crippen LogP contribution in [0.25, 0.3) is 0 Å². The molecule has 4 nitrogen and oxygen atoms in total. The number of carbonyl (C=O) groups excluding carboxylic acids is 1. The average Bonchev–Trinajstić information content (AvgIpc) is 2.35. The molecule has 0 fully saturated rings. The molecular weight excluding hydrogens is 298 g/mol. The van der Waals surface area contributed by atoms with E-state index < -0.39 is 0 Å². The van der Waals surface area contributed by atoms with Crippen LogP contribution in [-0.2, 0) is 11.4 Å². The lowest BCUT2D eigenvalue weighted by Gasteiger charge is -2.12. The van der Waals surface area contributed by atoms with Crippen molar-refractivity contribution in [1.82, 2.24) is 4.90 Å². The molecule has 100 valence electrons. The second-order valence-electron chi connectivity index (χ2n) is 4.15. The minimum Gasteiger partial charge on any atom is -0.493 e. The fourth-order valence-electron chi connectivity index (χ4n) is 1.44. The Morgan fingerprint density at radius 3 is 2.78 bits per heavy atom. The number of ether oxygens (including phenoxy) is 1. The number of aliphatic hydroxyl groups excluding tert-OH is 1. The van der Waals surface area contributed by atoms with Crippen LogP contribution in [0, 0.1) is 0 Å². The minimum absolute atomic E-state index is 0.0641. The lowest BCUT2D eigenvalue weighted by Crippen LogP contribution is -2.21. The van der Waals surface area contributed by atoms with Gasteiger partial charge in [-0.3, -0.25) is 4.79 Å². The molecule has 0 bridgehead atoms. The summed E-state index contributed by atoms with van der Waals surface area (Å²) in [6.07, 6.45) is 1.13. The Balaban J connectivity index is 2.42. The number of amides is 1. The van der Waals surface area contributed by atoms with Crippen molar-refractivity contribution >= 4 is 21.8 Å². The third-order valence-corrected chi connectivity index (χ3v) is 2.98. The smallest absolute Gasteiger partial charge is 0.222 e. The molecule has 0 saturated heterocycles. The highest BCUT2D eigenvalue weighted by molar-refractivity contribution is 9.10. The van der Waals surface area contributed by atoms with Gasteiger partial charge in [-0.1, -0.05) is 15.9 Å². The summed E-state index contributed by atoms with van der Waals surface area (Å²) < 4.78 is 6.47. The number of halogens is 1. The molecule has 0 unspecified atom stereocenters. The Morgan fingerprint density at radius 2 is 2.17 bits per heavy atom. The Kier molecular flexibility index (Phi) is 6.15. The number of aliphatic hydroxyl groups is 1. The zero-order valence-corrected chi connectivity index (χ0v) is 12.2. The van der Waals surface area contributed by atoms with Crippen LogP contribution < -0.4 is 4.74 Å². The zero-order chi connectivity index (χ0) is 13.5. The quantitative estimate of drug-likeness (QED) is 0.819. The van der Waals surface area contributed by atoms with Gasteiger partial charge in [-0.2, -0.15) is 0 Å². The second kappa shape index (κ2) is 7.38. The Morgan fingerprint density at radius 1 is 1.44 bits per heavy atom. The van der Waals surface area contributed by atoms with E-state index in [2.05, 4.69) is 15.9 Å². The first kappa shape index (κ1) is 15.0. The van der Waals surface area contributed by atoms with Gasteiger partial charge in [0.1, 0.15) is 5.75 Å². The van der Waals surface area contributed by atoms with Crippen molar-refractivity contribution in [3.8, 4) is 5.75 Å². The number of rotatable bonds is 6. The SMILES string of the molecule is CN(C)C(=O)CCCOc1ccc(Br)cc1CO. The van der Waals surface area contributed by atoms with E-state index >= 15 is 0 Å². The van der Waals surface area contributed by atoms with E-state index in [-0.39, 0.29) is 12.5 Å². The molecular formula is C13H18BrNO3. The molecule has 5 heteroatoms. The summed E-state index contributed by atoms with van der Waals surface area (Å²) in [5, 5.41) is 9.20. The van der Waals surface area contributed by atoms with Crippen molar-refractivity contribution < 1.29 is 14.6 Å². The van der Waals surface area contributed by atoms with Crippen molar-refractivity contribution in [1.29, 1.82) is 0 Å². The highest BCUT2D eigenvalue weighted by Gasteiger charge is 2.06. The summed E-state index contributed by atoms with van der Waals surface area (Å²) in [5.74, 6) is 0.759. The standard InChI is InChI=1S/C13H18BrNO3/c1-15(2)13(17)4-3-7-18-12-6-5-11(14)8-10(12)9-16/h5-6,8,16H,3-4,7,9H2,1-2H3. The summed E-state index contributed by atoms with van der Waals surface area (Å²) >= 11 is 3.34. The lowest BCUT2D eigenvalue weighted by molar-refractivity contribution is -0.128. The molecule has 0 aliphatic carbocycles. The van der Waals surface area contributed by atoms with Gasteiger partial charge in [0.25, 0.3) is 0 Å². The van der Waals surface area contributed by atoms with E-state index in [1.807, 2.05) is 18.2 Å². The highest BCUT2D eigenvalue weighted by Crippen LogP contribution is 2.23. The Bertz CT molecular complexity index is 407. The maximum atomic E-state index is 11.3. The van der Waals surface area contributed by atoms with Crippen LogP contribution in [-0.4, -0.2) is 36.6 Å². The molecule has 0 heterocycles. The monoisotopic (exact) mass is 315 g/mol. The number of hydrogen-bond donors (Lipinski definition) is 1. The molecule has 1 rings (SSSR count). The van der Waals surface area contributed by atoms with Crippen LogP contribution in [0.15, 0.2) is 22.7 Å². The molecule has 0 atom stereocenters. The maximum absolute atomic E-state index is 11.3. The van der Waals surface area contributed by atoms with Gasteiger partial charge in [0.05, 0.1) is 13.2 Å². The van der Waals surface area contributed by atoms with E-state index in [0.29, 0.717) is 25.2 Å². The summed E-state index contributed by atoms with van der Waals surface area (Å²) in [7, 11) is 3.48. The molecule has 1 aromatic rings. The maximum Gasteiger partial charge on any atom is 0.222 e. The molecule has 0 spiro atoms. The fraction of sp³-hybridized carbons (Fsp3) is 0.462. The molecule has 1 aromatic carbocycles. The molecule has 0 aliphatic rings. The molecule has 0 aliphatic heterocycles. The van der Waals surface area contributed by atoms with Gasteiger partial charge >= 0.3 is 0 Å². The normalized spacial score (nSPS) is 10.2. The van der Waals surface area contributed by atoms with Crippen molar-refractivity contribution in [2.24, 2.45) is 0 Å². The number of hydrogen-bond acceptors (Lipinski definition) is 3. The molecule has 0 aromatic heterocycles. The predicted molar refractivity (Wildman–Crippen MR) is 73.5 cm³/mol. The second-order valence-corrected chi connectivity index (χ2v) is 5.07. The van der Waals surface area contributed by atoms with Crippen molar-refractivity contribution in [3.05, 3.63) is 28.2 Å². The topological polar surface area (TPSA) is 49.8 Å². The van der Waals surface area contributed by atoms with E-state index in [1.165, 1.54) is 0 Å². The third kappa shape index (κ3) is 4.66. The van der Waals surface area contributed by atoms with E-state index in [1.54, 1.807) is 19.0 Å². The summed E-state index contributed by atoms with van der Waals surface area (Å²) in [6, 6.07) is 5.49. The Labute approximate surface area is 116 Å². The van der Waals surface area contributed by atoms with Crippen LogP contribution in [0.2, 0.25) is 0 Å². The van der Waals surface area contributed by atoms with Gasteiger partial charge in [0.15, 0.2) is 0 Å². The molecule has 18 heavy (non-hydrogen) atoms. The number of benzene rings is 1. The van der Waals surface area contributed by atoms with Gasteiger partial charge in [-0.25, -0.2) is 0 Å². The Hall–Kier alpha value is -1.07. The predicted octanol–water partition coefficient (Wildman–Crippen LogP) is 2.19. The van der Waals surface area contributed by atoms with Crippen molar-refractivity contribution in [2.75, 3.05) is 20.7 Å². The van der Waals surface area contributed by atoms with Crippen LogP contribution in [0.3, 0.4) is 0 Å². The summed E-state index contributed by atoms with van der Waals surface area (Å²) in [5.41, 5.74) is 0.739. The first-order valence-corrected chi connectivity index (χ1v) is 6.56. The third-order valence-electron chi connectivity index (χ3n) is 2.48. The number of nitrogens with zero attached hydrogens (tertiary/aromatic N) is 1.